The molecular formula is C30H43N5O5. The average Bonchev–Trinajstić information content (AvgIpc) is 2.84. The minimum atomic E-state index is -0.725. The number of piperazine rings is 1. The third-order valence-electron chi connectivity index (χ3n) is 6.04. The Kier molecular flexibility index (Phi) is 10.5. The van der Waals surface area contributed by atoms with Gasteiger partial charge in [-0.2, -0.15) is 0 Å². The van der Waals surface area contributed by atoms with Crippen LogP contribution in [-0.4, -0.2) is 72.4 Å². The second kappa shape index (κ2) is 13.6. The van der Waals surface area contributed by atoms with E-state index in [1.807, 2.05) is 17.0 Å². The van der Waals surface area contributed by atoms with Crippen molar-refractivity contribution < 1.29 is 23.9 Å². The van der Waals surface area contributed by atoms with Crippen molar-refractivity contribution in [2.24, 2.45) is 4.99 Å². The maximum absolute atomic E-state index is 12.5. The van der Waals surface area contributed by atoms with Crippen molar-refractivity contribution in [3.63, 3.8) is 0 Å². The Morgan fingerprint density at radius 1 is 0.975 bits per heavy atom. The Balaban J connectivity index is 1.51. The molecule has 0 bridgehead atoms. The van der Waals surface area contributed by atoms with E-state index in [4.69, 9.17) is 9.47 Å². The van der Waals surface area contributed by atoms with Crippen LogP contribution in [0.1, 0.15) is 59.9 Å². The Morgan fingerprint density at radius 2 is 1.60 bits per heavy atom. The number of carbonyl (C=O) groups is 3. The molecule has 0 radical (unpaired) electrons. The Bertz CT molecular complexity index is 1180. The Morgan fingerprint density at radius 3 is 2.23 bits per heavy atom. The summed E-state index contributed by atoms with van der Waals surface area (Å²) in [5, 5.41) is 10.7. The average molecular weight is 554 g/mol. The lowest BCUT2D eigenvalue weighted by Gasteiger charge is -2.33. The van der Waals surface area contributed by atoms with Crippen molar-refractivity contribution in [2.45, 2.75) is 78.0 Å². The molecule has 1 aliphatic rings. The van der Waals surface area contributed by atoms with E-state index in [1.54, 1.807) is 41.5 Å². The normalized spacial score (nSPS) is 15.9. The lowest BCUT2D eigenvalue weighted by Crippen LogP contribution is -2.54. The number of benzene rings is 2. The zero-order valence-electron chi connectivity index (χ0n) is 24.5. The number of nitrogens with one attached hydrogen (secondary N) is 3. The van der Waals surface area contributed by atoms with E-state index in [0.717, 1.165) is 12.8 Å². The third-order valence-corrected chi connectivity index (χ3v) is 6.04. The van der Waals surface area contributed by atoms with E-state index in [2.05, 4.69) is 51.3 Å². The van der Waals surface area contributed by atoms with Crippen LogP contribution in [0.3, 0.4) is 0 Å². The van der Waals surface area contributed by atoms with Gasteiger partial charge in [-0.05, 0) is 77.1 Å². The first-order valence-corrected chi connectivity index (χ1v) is 13.8. The van der Waals surface area contributed by atoms with E-state index < -0.39 is 23.4 Å². The number of hydrogen-bond donors (Lipinski definition) is 3. The molecule has 1 atom stereocenters. The van der Waals surface area contributed by atoms with Gasteiger partial charge in [-0.15, -0.1) is 0 Å². The predicted molar refractivity (Wildman–Crippen MR) is 156 cm³/mol. The Labute approximate surface area is 236 Å². The van der Waals surface area contributed by atoms with Crippen molar-refractivity contribution in [2.75, 3.05) is 26.2 Å². The summed E-state index contributed by atoms with van der Waals surface area (Å²) in [6.45, 7) is 12.4. The van der Waals surface area contributed by atoms with E-state index in [0.29, 0.717) is 32.6 Å². The molecule has 1 aliphatic heterocycles. The van der Waals surface area contributed by atoms with Crippen LogP contribution in [0.4, 0.5) is 9.59 Å². The number of nitrogens with zero attached hydrogens (tertiary/aromatic N) is 2. The zero-order chi connectivity index (χ0) is 29.3. The standard InChI is InChI=1S/C30H43N5O5/c1-29(2,3)39-27(37)33-26(34-28(38)40-30(4,5)6)31-16-9-12-24-20-35(25(36)19-32-24)17-15-21-13-14-22-10-7-8-11-23(22)18-21/h7-8,10-11,13-14,18,24,32H,9,12,15-17,19-20H2,1-6H3,(H2,31,33,34,37,38). The monoisotopic (exact) mass is 553 g/mol. The molecule has 3 N–H and O–H groups in total. The van der Waals surface area contributed by atoms with Crippen LogP contribution in [0.2, 0.25) is 0 Å². The lowest BCUT2D eigenvalue weighted by atomic mass is 10.0. The van der Waals surface area contributed by atoms with Crippen LogP contribution in [0.5, 0.6) is 0 Å². The van der Waals surface area contributed by atoms with Crippen LogP contribution in [0, 0.1) is 0 Å². The molecule has 1 saturated heterocycles. The van der Waals surface area contributed by atoms with Crippen LogP contribution in [0.25, 0.3) is 10.8 Å². The molecule has 0 aromatic heterocycles. The van der Waals surface area contributed by atoms with E-state index >= 15 is 0 Å². The highest BCUT2D eigenvalue weighted by Gasteiger charge is 2.25. The summed E-state index contributed by atoms with van der Waals surface area (Å²) in [6.07, 6.45) is 0.799. The fraction of sp³-hybridized carbons (Fsp3) is 0.533. The van der Waals surface area contributed by atoms with Crippen molar-refractivity contribution in [3.05, 3.63) is 48.0 Å². The highest BCUT2D eigenvalue weighted by atomic mass is 16.6. The van der Waals surface area contributed by atoms with Crippen molar-refractivity contribution >= 4 is 34.8 Å². The fourth-order valence-corrected chi connectivity index (χ4v) is 4.28. The maximum Gasteiger partial charge on any atom is 0.414 e. The molecule has 218 valence electrons. The molecule has 1 unspecified atom stereocenters. The smallest absolute Gasteiger partial charge is 0.414 e. The number of alkyl carbamates (subject to hydrolysis) is 2. The van der Waals surface area contributed by atoms with Crippen molar-refractivity contribution in [1.29, 1.82) is 0 Å². The summed E-state index contributed by atoms with van der Waals surface area (Å²) >= 11 is 0. The lowest BCUT2D eigenvalue weighted by molar-refractivity contribution is -0.133. The summed E-state index contributed by atoms with van der Waals surface area (Å²) in [7, 11) is 0. The van der Waals surface area contributed by atoms with Crippen LogP contribution < -0.4 is 16.0 Å². The van der Waals surface area contributed by atoms with Gasteiger partial charge in [0.2, 0.25) is 11.9 Å². The van der Waals surface area contributed by atoms with Gasteiger partial charge in [0, 0.05) is 25.7 Å². The van der Waals surface area contributed by atoms with Crippen LogP contribution in [0.15, 0.2) is 47.5 Å². The van der Waals surface area contributed by atoms with Crippen molar-refractivity contribution in [1.82, 2.24) is 20.9 Å². The van der Waals surface area contributed by atoms with Gasteiger partial charge in [-0.3, -0.25) is 20.4 Å². The van der Waals surface area contributed by atoms with Gasteiger partial charge >= 0.3 is 12.2 Å². The van der Waals surface area contributed by atoms with Gasteiger partial charge in [-0.25, -0.2) is 9.59 Å². The van der Waals surface area contributed by atoms with E-state index in [1.165, 1.54) is 16.3 Å². The molecular weight excluding hydrogens is 510 g/mol. The summed E-state index contributed by atoms with van der Waals surface area (Å²) in [5.41, 5.74) is -0.199. The predicted octanol–water partition coefficient (Wildman–Crippen LogP) is 4.37. The molecule has 0 aliphatic carbocycles. The van der Waals surface area contributed by atoms with E-state index in [-0.39, 0.29) is 17.9 Å². The topological polar surface area (TPSA) is 121 Å². The summed E-state index contributed by atoms with van der Waals surface area (Å²) in [4.78, 5) is 43.3. The molecule has 0 spiro atoms. The maximum atomic E-state index is 12.5. The number of aliphatic imine (C=N–C) groups is 1. The molecule has 1 fully saturated rings. The first kappa shape index (κ1) is 30.9. The first-order valence-electron chi connectivity index (χ1n) is 13.8. The van der Waals surface area contributed by atoms with Gasteiger partial charge in [-0.1, -0.05) is 42.5 Å². The number of rotatable bonds is 7. The number of ether oxygens (including phenoxy) is 2. The number of fused-ring (bicyclic) bond motifs is 1. The SMILES string of the molecule is CC(C)(C)OC(=O)NC(=NCCCC1CN(CCc2ccc3ccccc3c2)C(=O)CN1)NC(=O)OC(C)(C)C. The highest BCUT2D eigenvalue weighted by Crippen LogP contribution is 2.17. The van der Waals surface area contributed by atoms with Gasteiger partial charge in [0.25, 0.3) is 0 Å². The van der Waals surface area contributed by atoms with Gasteiger partial charge in [0.15, 0.2) is 0 Å². The van der Waals surface area contributed by atoms with E-state index in [9.17, 15) is 14.4 Å². The molecule has 0 saturated carbocycles. The molecule has 10 nitrogen and oxygen atoms in total. The number of carbonyl (C=O) groups excluding carboxylic acids is 3. The van der Waals surface area contributed by atoms with Gasteiger partial charge < -0.3 is 19.7 Å². The largest absolute Gasteiger partial charge is 0.444 e. The number of guanidine groups is 1. The molecule has 2 aromatic carbocycles. The van der Waals surface area contributed by atoms with Crippen molar-refractivity contribution in [3.8, 4) is 0 Å². The molecule has 3 amide bonds. The molecule has 1 heterocycles. The molecule has 3 rings (SSSR count). The van der Waals surface area contributed by atoms with Gasteiger partial charge in [0.05, 0.1) is 6.54 Å². The van der Waals surface area contributed by atoms with Gasteiger partial charge in [0.1, 0.15) is 11.2 Å². The molecule has 2 aromatic rings. The number of hydrogen-bond acceptors (Lipinski definition) is 7. The second-order valence-corrected chi connectivity index (χ2v) is 12.0. The molecule has 40 heavy (non-hydrogen) atoms. The minimum Gasteiger partial charge on any atom is -0.444 e. The minimum absolute atomic E-state index is 0.0349. The zero-order valence-corrected chi connectivity index (χ0v) is 24.5. The second-order valence-electron chi connectivity index (χ2n) is 12.0. The quantitative estimate of drug-likeness (QED) is 0.266. The van der Waals surface area contributed by atoms with Crippen LogP contribution >= 0.6 is 0 Å². The highest BCUT2D eigenvalue weighted by molar-refractivity contribution is 6.01. The molecule has 10 heteroatoms. The first-order chi connectivity index (χ1) is 18.8. The summed E-state index contributed by atoms with van der Waals surface area (Å²) in [5.74, 6) is 0.0627. The number of amides is 3. The fourth-order valence-electron chi connectivity index (χ4n) is 4.28. The van der Waals surface area contributed by atoms with Crippen LogP contribution in [-0.2, 0) is 20.7 Å². The summed E-state index contributed by atoms with van der Waals surface area (Å²) in [6, 6.07) is 14.8. The Hall–Kier alpha value is -3.66. The summed E-state index contributed by atoms with van der Waals surface area (Å²) < 4.78 is 10.6. The third kappa shape index (κ3) is 10.8.